The molecule has 24 heavy (non-hydrogen) atoms. The highest BCUT2D eigenvalue weighted by Gasteiger charge is 2.12. The number of hydrogen-bond acceptors (Lipinski definition) is 7. The van der Waals surface area contributed by atoms with Gasteiger partial charge >= 0.3 is 0 Å². The number of rotatable bonds is 1. The van der Waals surface area contributed by atoms with Crippen molar-refractivity contribution in [2.24, 2.45) is 0 Å². The van der Waals surface area contributed by atoms with Crippen molar-refractivity contribution in [2.45, 2.75) is 19.4 Å². The summed E-state index contributed by atoms with van der Waals surface area (Å²) in [5.74, 6) is 2.04. The molecule has 0 amide bonds. The first-order valence-electron chi connectivity index (χ1n) is 7.40. The summed E-state index contributed by atoms with van der Waals surface area (Å²) in [6.45, 7) is 2.37. The van der Waals surface area contributed by atoms with Gasteiger partial charge in [0.1, 0.15) is 22.4 Å². The van der Waals surface area contributed by atoms with Crippen molar-refractivity contribution in [3.8, 4) is 5.75 Å². The number of fused-ring (bicyclic) bond motifs is 4. The fraction of sp³-hybridized carbons (Fsp3) is 0.250. The minimum absolute atomic E-state index is 0.0911. The highest BCUT2D eigenvalue weighted by molar-refractivity contribution is 6.32. The number of aromatic nitrogens is 3. The van der Waals surface area contributed by atoms with Crippen LogP contribution in [0.1, 0.15) is 19.2 Å². The summed E-state index contributed by atoms with van der Waals surface area (Å²) in [6, 6.07) is 3.43. The van der Waals surface area contributed by atoms with Crippen LogP contribution in [0, 0.1) is 5.41 Å². The van der Waals surface area contributed by atoms with Crippen molar-refractivity contribution in [2.75, 3.05) is 11.9 Å². The van der Waals surface area contributed by atoms with E-state index >= 15 is 0 Å². The Kier molecular flexibility index (Phi) is 4.90. The minimum Gasteiger partial charge on any atom is -0.500 e. The maximum absolute atomic E-state index is 7.52. The zero-order valence-electron chi connectivity index (χ0n) is 13.0. The maximum Gasteiger partial charge on any atom is 0.166 e. The molecule has 2 aromatic heterocycles. The van der Waals surface area contributed by atoms with E-state index in [1.165, 1.54) is 12.5 Å². The Bertz CT molecular complexity index is 781. The molecule has 124 valence electrons. The second-order valence-corrected chi connectivity index (χ2v) is 5.60. The fourth-order valence-electron chi connectivity index (χ4n) is 2.09. The molecule has 2 aromatic rings. The van der Waals surface area contributed by atoms with Crippen molar-refractivity contribution < 1.29 is 9.47 Å². The highest BCUT2D eigenvalue weighted by atomic mass is 35.5. The van der Waals surface area contributed by atoms with Gasteiger partial charge in [0.25, 0.3) is 0 Å². The Balaban J connectivity index is 2.01. The topological polar surface area (TPSA) is 93.0 Å². The van der Waals surface area contributed by atoms with Gasteiger partial charge in [-0.05, 0) is 13.0 Å². The molecule has 0 saturated carbocycles. The second-order valence-electron chi connectivity index (χ2n) is 5.20. The van der Waals surface area contributed by atoms with Gasteiger partial charge in [-0.3, -0.25) is 0 Å². The molecule has 0 spiro atoms. The van der Waals surface area contributed by atoms with Gasteiger partial charge in [0.15, 0.2) is 5.82 Å². The number of nitrogens with one attached hydrogen (secondary N) is 2. The van der Waals surface area contributed by atoms with Crippen molar-refractivity contribution in [3.63, 3.8) is 0 Å². The van der Waals surface area contributed by atoms with Gasteiger partial charge in [-0.1, -0.05) is 11.6 Å². The van der Waals surface area contributed by atoms with E-state index in [0.717, 1.165) is 6.21 Å². The second kappa shape index (κ2) is 7.27. The highest BCUT2D eigenvalue weighted by Crippen LogP contribution is 2.28. The van der Waals surface area contributed by atoms with Crippen LogP contribution >= 0.6 is 11.6 Å². The Morgan fingerprint density at radius 2 is 2.25 bits per heavy atom. The Morgan fingerprint density at radius 1 is 1.38 bits per heavy atom. The predicted octanol–water partition coefficient (Wildman–Crippen LogP) is 3.45. The lowest BCUT2D eigenvalue weighted by molar-refractivity contribution is 0.157. The molecule has 0 fully saturated rings. The van der Waals surface area contributed by atoms with Crippen molar-refractivity contribution >= 4 is 35.0 Å². The fourth-order valence-corrected chi connectivity index (χ4v) is 2.24. The van der Waals surface area contributed by atoms with Gasteiger partial charge in [-0.2, -0.15) is 0 Å². The Labute approximate surface area is 144 Å². The summed E-state index contributed by atoms with van der Waals surface area (Å²) in [5.41, 5.74) is 0.481. The minimum atomic E-state index is -0.0911. The van der Waals surface area contributed by atoms with Crippen molar-refractivity contribution in [3.05, 3.63) is 41.6 Å². The first kappa shape index (κ1) is 16.2. The molecular weight excluding hydrogens is 330 g/mol. The molecule has 1 aliphatic rings. The van der Waals surface area contributed by atoms with Crippen LogP contribution in [0.4, 0.5) is 11.6 Å². The lowest BCUT2D eigenvalue weighted by atomic mass is 10.3. The van der Waals surface area contributed by atoms with E-state index in [1.54, 1.807) is 18.3 Å². The quantitative estimate of drug-likeness (QED) is 0.769. The van der Waals surface area contributed by atoms with Gasteiger partial charge in [-0.25, -0.2) is 15.0 Å². The molecule has 4 bridgehead atoms. The van der Waals surface area contributed by atoms with Gasteiger partial charge in [0.2, 0.25) is 0 Å². The summed E-state index contributed by atoms with van der Waals surface area (Å²) in [7, 11) is 0. The lowest BCUT2D eigenvalue weighted by Crippen LogP contribution is -2.15. The third-order valence-electron chi connectivity index (χ3n) is 3.33. The number of ether oxygens (including phenoxy) is 2. The predicted molar refractivity (Wildman–Crippen MR) is 92.0 cm³/mol. The first-order valence-corrected chi connectivity index (χ1v) is 7.78. The van der Waals surface area contributed by atoms with E-state index in [2.05, 4.69) is 20.3 Å². The Hall–Kier alpha value is -2.67. The molecular formula is C16H16ClN5O2. The van der Waals surface area contributed by atoms with Crippen LogP contribution in [0.3, 0.4) is 0 Å². The summed E-state index contributed by atoms with van der Waals surface area (Å²) in [6.07, 6.45) is 6.33. The summed E-state index contributed by atoms with van der Waals surface area (Å²) in [5, 5.41) is 11.0. The van der Waals surface area contributed by atoms with E-state index in [9.17, 15) is 0 Å². The van der Waals surface area contributed by atoms with Crippen LogP contribution in [0.2, 0.25) is 5.02 Å². The molecule has 3 heterocycles. The number of anilines is 2. The van der Waals surface area contributed by atoms with Crippen LogP contribution in [-0.2, 0) is 4.74 Å². The monoisotopic (exact) mass is 345 g/mol. The maximum atomic E-state index is 7.52. The van der Waals surface area contributed by atoms with E-state index in [4.69, 9.17) is 26.5 Å². The number of hydrogen-bond donors (Lipinski definition) is 2. The zero-order chi connectivity index (χ0) is 16.9. The van der Waals surface area contributed by atoms with Gasteiger partial charge in [-0.15, -0.1) is 0 Å². The zero-order valence-corrected chi connectivity index (χ0v) is 13.7. The van der Waals surface area contributed by atoms with E-state index in [-0.39, 0.29) is 6.10 Å². The third-order valence-corrected chi connectivity index (χ3v) is 3.61. The third kappa shape index (κ3) is 3.80. The van der Waals surface area contributed by atoms with E-state index in [0.29, 0.717) is 46.8 Å². The number of pyridine rings is 1. The van der Waals surface area contributed by atoms with Crippen LogP contribution in [-0.4, -0.2) is 33.9 Å². The lowest BCUT2D eigenvalue weighted by Gasteiger charge is -2.17. The molecule has 1 aliphatic heterocycles. The molecule has 0 saturated heterocycles. The van der Waals surface area contributed by atoms with Crippen LogP contribution in [0.25, 0.3) is 5.57 Å². The molecule has 0 radical (unpaired) electrons. The average Bonchev–Trinajstić information content (AvgIpc) is 2.57. The summed E-state index contributed by atoms with van der Waals surface area (Å²) < 4.78 is 11.3. The van der Waals surface area contributed by atoms with Crippen LogP contribution in [0.5, 0.6) is 5.75 Å². The molecule has 0 aliphatic carbocycles. The normalized spacial score (nSPS) is 17.4. The Morgan fingerprint density at radius 3 is 3.08 bits per heavy atom. The number of nitrogens with zero attached hydrogens (tertiary/aromatic N) is 3. The molecule has 0 aromatic carbocycles. The summed E-state index contributed by atoms with van der Waals surface area (Å²) in [4.78, 5) is 12.8. The van der Waals surface area contributed by atoms with E-state index < -0.39 is 0 Å². The van der Waals surface area contributed by atoms with Gasteiger partial charge in [0, 0.05) is 24.9 Å². The molecule has 2 N–H and O–H groups in total. The smallest absolute Gasteiger partial charge is 0.166 e. The van der Waals surface area contributed by atoms with E-state index in [1.807, 2.05) is 6.92 Å². The van der Waals surface area contributed by atoms with Crippen molar-refractivity contribution in [1.82, 2.24) is 15.0 Å². The largest absolute Gasteiger partial charge is 0.500 e. The molecule has 3 rings (SSSR count). The first-order chi connectivity index (χ1) is 11.7. The SMILES string of the molecule is C[C@H]1CCOC=C(C=N)c2nccc(n2)Nc2cc(c(Cl)cn2)O1. The number of halogens is 1. The van der Waals surface area contributed by atoms with Crippen LogP contribution < -0.4 is 10.1 Å². The molecule has 0 unspecified atom stereocenters. The number of allylic oxidation sites excluding steroid dienone is 1. The molecule has 7 nitrogen and oxygen atoms in total. The van der Waals surface area contributed by atoms with Gasteiger partial charge < -0.3 is 20.2 Å². The van der Waals surface area contributed by atoms with Crippen molar-refractivity contribution in [1.29, 1.82) is 5.41 Å². The van der Waals surface area contributed by atoms with Gasteiger partial charge in [0.05, 0.1) is 30.7 Å². The van der Waals surface area contributed by atoms with Crippen LogP contribution in [0.15, 0.2) is 30.8 Å². The summed E-state index contributed by atoms with van der Waals surface area (Å²) >= 11 is 6.14. The molecule has 1 atom stereocenters. The molecule has 8 heteroatoms. The standard InChI is InChI=1S/C16H16ClN5O2/c1-10-3-5-23-9-11(7-18)16-19-4-2-14(22-16)21-15-6-13(24-10)12(17)8-20-15/h2,4,6-10,18H,3,5H2,1H3,(H,19,20,21,22)/t10-/m0/s1. The average molecular weight is 346 g/mol.